The number of benzene rings is 2. The Hall–Kier alpha value is -2.65. The van der Waals surface area contributed by atoms with Gasteiger partial charge in [-0.05, 0) is 36.8 Å². The Morgan fingerprint density at radius 2 is 1.93 bits per heavy atom. The maximum Gasteiger partial charge on any atom is 0.332 e. The molecule has 27 heavy (non-hydrogen) atoms. The Morgan fingerprint density at radius 1 is 1.22 bits per heavy atom. The summed E-state index contributed by atoms with van der Waals surface area (Å²) >= 11 is 3.42. The Balaban J connectivity index is 2.27. The molecule has 1 heterocycles. The van der Waals surface area contributed by atoms with E-state index in [-0.39, 0.29) is 4.90 Å². The van der Waals surface area contributed by atoms with Crippen LogP contribution in [0.4, 0.5) is 4.79 Å². The first-order valence-corrected chi connectivity index (χ1v) is 10.3. The number of nitrogens with zero attached hydrogens (tertiary/aromatic N) is 2. The molecule has 3 rings (SSSR count). The molecule has 0 atom stereocenters. The lowest BCUT2D eigenvalue weighted by Gasteiger charge is -2.07. The van der Waals surface area contributed by atoms with Crippen LogP contribution in [-0.2, 0) is 10.0 Å². The van der Waals surface area contributed by atoms with Crippen LogP contribution in [0.3, 0.4) is 0 Å². The van der Waals surface area contributed by atoms with Crippen molar-refractivity contribution in [1.29, 1.82) is 0 Å². The second kappa shape index (κ2) is 7.53. The lowest BCUT2D eigenvalue weighted by molar-refractivity contribution is 0.249. The molecule has 0 radical (unpaired) electrons. The number of rotatable bonds is 5. The number of amides is 2. The maximum atomic E-state index is 13.1. The third kappa shape index (κ3) is 3.74. The molecule has 2 amide bonds. The van der Waals surface area contributed by atoms with E-state index in [4.69, 9.17) is 5.73 Å². The van der Waals surface area contributed by atoms with Gasteiger partial charge in [-0.25, -0.2) is 22.6 Å². The number of hydrogen-bond acceptors (Lipinski definition) is 4. The fourth-order valence-electron chi connectivity index (χ4n) is 2.76. The van der Waals surface area contributed by atoms with Crippen molar-refractivity contribution in [2.45, 2.75) is 18.2 Å². The van der Waals surface area contributed by atoms with Gasteiger partial charge in [0.05, 0.1) is 16.1 Å². The smallest absolute Gasteiger partial charge is 0.332 e. The molecule has 0 saturated carbocycles. The quantitative estimate of drug-likeness (QED) is 0.460. The van der Waals surface area contributed by atoms with E-state index in [2.05, 4.69) is 26.5 Å². The standard InChI is InChI=1S/C18H17BrN4O3S/c1-2-16(21-22-18(20)24)15-11-23(17-9-8-12(19)10-14(15)17)27(25,26)13-6-4-3-5-7-13/h3-11H,2H2,1H3,(H3,20,22,24)/b21-16-. The molecular weight excluding hydrogens is 432 g/mol. The first kappa shape index (κ1) is 19.1. The number of aromatic nitrogens is 1. The minimum atomic E-state index is -3.80. The van der Waals surface area contributed by atoms with Gasteiger partial charge >= 0.3 is 6.03 Å². The van der Waals surface area contributed by atoms with Crippen LogP contribution in [0.1, 0.15) is 18.9 Å². The molecular formula is C18H17BrN4O3S. The summed E-state index contributed by atoms with van der Waals surface area (Å²) in [5, 5.41) is 4.72. The molecule has 7 nitrogen and oxygen atoms in total. The summed E-state index contributed by atoms with van der Waals surface area (Å²) < 4.78 is 28.3. The van der Waals surface area contributed by atoms with Gasteiger partial charge in [-0.15, -0.1) is 0 Å². The van der Waals surface area contributed by atoms with Gasteiger partial charge in [-0.3, -0.25) is 0 Å². The summed E-state index contributed by atoms with van der Waals surface area (Å²) in [6.45, 7) is 1.86. The number of halogens is 1. The fraction of sp³-hybridized carbons (Fsp3) is 0.111. The summed E-state index contributed by atoms with van der Waals surface area (Å²) in [5.74, 6) is 0. The molecule has 0 aliphatic carbocycles. The van der Waals surface area contributed by atoms with Gasteiger partial charge in [0.15, 0.2) is 0 Å². The van der Waals surface area contributed by atoms with Crippen molar-refractivity contribution in [3.63, 3.8) is 0 Å². The van der Waals surface area contributed by atoms with Crippen LogP contribution < -0.4 is 11.2 Å². The van der Waals surface area contributed by atoms with Crippen LogP contribution in [0, 0.1) is 0 Å². The van der Waals surface area contributed by atoms with Gasteiger partial charge in [-0.2, -0.15) is 5.10 Å². The minimum Gasteiger partial charge on any atom is -0.350 e. The summed E-state index contributed by atoms with van der Waals surface area (Å²) in [4.78, 5) is 11.2. The van der Waals surface area contributed by atoms with Gasteiger partial charge < -0.3 is 5.73 Å². The molecule has 1 aromatic heterocycles. The van der Waals surface area contributed by atoms with E-state index in [1.807, 2.05) is 13.0 Å². The number of primary amides is 1. The molecule has 0 aliphatic heterocycles. The van der Waals surface area contributed by atoms with E-state index in [0.717, 1.165) is 4.47 Å². The molecule has 0 spiro atoms. The molecule has 140 valence electrons. The van der Waals surface area contributed by atoms with E-state index >= 15 is 0 Å². The number of urea groups is 1. The van der Waals surface area contributed by atoms with E-state index in [1.165, 1.54) is 10.2 Å². The zero-order valence-electron chi connectivity index (χ0n) is 14.4. The lowest BCUT2D eigenvalue weighted by Crippen LogP contribution is -2.25. The summed E-state index contributed by atoms with van der Waals surface area (Å²) in [6.07, 6.45) is 1.99. The molecule has 0 saturated heterocycles. The summed E-state index contributed by atoms with van der Waals surface area (Å²) in [6, 6.07) is 12.7. The van der Waals surface area contributed by atoms with Crippen molar-refractivity contribution in [2.75, 3.05) is 0 Å². The molecule has 0 aliphatic rings. The highest BCUT2D eigenvalue weighted by atomic mass is 79.9. The van der Waals surface area contributed by atoms with Crippen molar-refractivity contribution < 1.29 is 13.2 Å². The van der Waals surface area contributed by atoms with Gasteiger partial charge in [-0.1, -0.05) is 41.1 Å². The number of hydrogen-bond donors (Lipinski definition) is 2. The Morgan fingerprint density at radius 3 is 2.56 bits per heavy atom. The van der Waals surface area contributed by atoms with Crippen LogP contribution in [-0.4, -0.2) is 24.1 Å². The average molecular weight is 449 g/mol. The largest absolute Gasteiger partial charge is 0.350 e. The molecule has 3 aromatic rings. The monoisotopic (exact) mass is 448 g/mol. The predicted molar refractivity (Wildman–Crippen MR) is 108 cm³/mol. The number of hydrazone groups is 1. The Labute approximate surface area is 165 Å². The van der Waals surface area contributed by atoms with Crippen LogP contribution >= 0.6 is 15.9 Å². The topological polar surface area (TPSA) is 107 Å². The number of carbonyl (C=O) groups is 1. The van der Waals surface area contributed by atoms with Crippen molar-refractivity contribution in [1.82, 2.24) is 9.40 Å². The highest BCUT2D eigenvalue weighted by molar-refractivity contribution is 9.10. The number of nitrogens with two attached hydrogens (primary N) is 1. The lowest BCUT2D eigenvalue weighted by atomic mass is 10.1. The van der Waals surface area contributed by atoms with E-state index in [1.54, 1.807) is 42.5 Å². The summed E-state index contributed by atoms with van der Waals surface area (Å²) in [7, 11) is -3.80. The molecule has 0 unspecified atom stereocenters. The molecule has 0 bridgehead atoms. The van der Waals surface area contributed by atoms with Crippen LogP contribution in [0.15, 0.2) is 69.2 Å². The maximum absolute atomic E-state index is 13.1. The third-order valence-corrected chi connectivity index (χ3v) is 6.16. The van der Waals surface area contributed by atoms with Gasteiger partial charge in [0.2, 0.25) is 0 Å². The van der Waals surface area contributed by atoms with E-state index in [0.29, 0.717) is 28.6 Å². The van der Waals surface area contributed by atoms with E-state index < -0.39 is 16.1 Å². The van der Waals surface area contributed by atoms with Crippen molar-refractivity contribution in [3.05, 3.63) is 64.8 Å². The van der Waals surface area contributed by atoms with Crippen LogP contribution in [0.5, 0.6) is 0 Å². The van der Waals surface area contributed by atoms with Crippen molar-refractivity contribution >= 4 is 48.6 Å². The first-order chi connectivity index (χ1) is 12.8. The predicted octanol–water partition coefficient (Wildman–Crippen LogP) is 3.42. The van der Waals surface area contributed by atoms with Crippen molar-refractivity contribution in [3.8, 4) is 0 Å². The zero-order chi connectivity index (χ0) is 19.6. The van der Waals surface area contributed by atoms with Crippen LogP contribution in [0.25, 0.3) is 10.9 Å². The molecule has 3 N–H and O–H groups in total. The van der Waals surface area contributed by atoms with Gasteiger partial charge in [0, 0.05) is 21.6 Å². The average Bonchev–Trinajstić information content (AvgIpc) is 3.02. The SMILES string of the molecule is CC/C(=N/NC(N)=O)c1cn(S(=O)(=O)c2ccccc2)c2ccc(Br)cc12. The zero-order valence-corrected chi connectivity index (χ0v) is 16.8. The van der Waals surface area contributed by atoms with E-state index in [9.17, 15) is 13.2 Å². The van der Waals surface area contributed by atoms with Crippen LogP contribution in [0.2, 0.25) is 0 Å². The Bertz CT molecular complexity index is 1140. The normalized spacial score (nSPS) is 12.3. The highest BCUT2D eigenvalue weighted by Gasteiger charge is 2.22. The second-order valence-corrected chi connectivity index (χ2v) is 8.44. The van der Waals surface area contributed by atoms with Gasteiger partial charge in [0.25, 0.3) is 10.0 Å². The first-order valence-electron chi connectivity index (χ1n) is 8.08. The number of carbonyl (C=O) groups excluding carboxylic acids is 1. The van der Waals surface area contributed by atoms with Crippen molar-refractivity contribution in [2.24, 2.45) is 10.8 Å². The minimum absolute atomic E-state index is 0.182. The molecule has 2 aromatic carbocycles. The fourth-order valence-corrected chi connectivity index (χ4v) is 4.51. The second-order valence-electron chi connectivity index (χ2n) is 5.71. The number of nitrogens with one attached hydrogen (secondary N) is 1. The van der Waals surface area contributed by atoms with Gasteiger partial charge in [0.1, 0.15) is 0 Å². The Kier molecular flexibility index (Phi) is 5.33. The highest BCUT2D eigenvalue weighted by Crippen LogP contribution is 2.29. The summed E-state index contributed by atoms with van der Waals surface area (Å²) in [5.41, 5.74) is 8.93. The molecule has 0 fully saturated rings. The number of fused-ring (bicyclic) bond motifs is 1. The molecule has 9 heteroatoms. The third-order valence-electron chi connectivity index (χ3n) is 3.98.